The zero-order chi connectivity index (χ0) is 19.7. The van der Waals surface area contributed by atoms with Gasteiger partial charge in [-0.2, -0.15) is 0 Å². The Morgan fingerprint density at radius 1 is 1.04 bits per heavy atom. The van der Waals surface area contributed by atoms with Gasteiger partial charge >= 0.3 is 11.7 Å². The van der Waals surface area contributed by atoms with Crippen LogP contribution in [-0.4, -0.2) is 50.9 Å². The molecule has 2 heterocycles. The third kappa shape index (κ3) is 3.48. The first-order valence-electron chi connectivity index (χ1n) is 9.31. The topological polar surface area (TPSA) is 95.4 Å². The van der Waals surface area contributed by atoms with Crippen molar-refractivity contribution in [2.45, 2.75) is 18.9 Å². The zero-order valence-electron chi connectivity index (χ0n) is 15.3. The van der Waals surface area contributed by atoms with Crippen molar-refractivity contribution in [3.05, 3.63) is 70.1 Å². The lowest BCUT2D eigenvalue weighted by Crippen LogP contribution is -2.39. The quantitative estimate of drug-likeness (QED) is 0.664. The van der Waals surface area contributed by atoms with E-state index in [9.17, 15) is 14.4 Å². The summed E-state index contributed by atoms with van der Waals surface area (Å²) in [6.07, 6.45) is 1.56. The van der Waals surface area contributed by atoms with E-state index in [0.717, 1.165) is 23.9 Å². The van der Waals surface area contributed by atoms with E-state index in [0.29, 0.717) is 18.7 Å². The molecule has 144 valence electrons. The summed E-state index contributed by atoms with van der Waals surface area (Å²) in [5, 5.41) is 9.08. The van der Waals surface area contributed by atoms with Crippen LogP contribution in [0.25, 0.3) is 11.0 Å². The minimum Gasteiger partial charge on any atom is -0.478 e. The van der Waals surface area contributed by atoms with Gasteiger partial charge < -0.3 is 10.1 Å². The summed E-state index contributed by atoms with van der Waals surface area (Å²) in [6.45, 7) is 1.67. The van der Waals surface area contributed by atoms with E-state index in [-0.39, 0.29) is 29.6 Å². The summed E-state index contributed by atoms with van der Waals surface area (Å²) < 4.78 is 1.82. The van der Waals surface area contributed by atoms with Gasteiger partial charge in [-0.3, -0.25) is 14.3 Å². The summed E-state index contributed by atoms with van der Waals surface area (Å²) in [5.41, 5.74) is 2.18. The number of fused-ring (bicyclic) bond motifs is 1. The molecule has 1 aliphatic rings. The number of carboxylic acids is 1. The third-order valence-electron chi connectivity index (χ3n) is 5.34. The summed E-state index contributed by atoms with van der Waals surface area (Å²) >= 11 is 0. The minimum atomic E-state index is -1.04. The van der Waals surface area contributed by atoms with Gasteiger partial charge in [-0.05, 0) is 37.1 Å². The van der Waals surface area contributed by atoms with E-state index in [1.807, 2.05) is 28.8 Å². The summed E-state index contributed by atoms with van der Waals surface area (Å²) in [7, 11) is 0. The molecule has 3 aromatic rings. The molecule has 0 amide bonds. The van der Waals surface area contributed by atoms with Gasteiger partial charge in [0.1, 0.15) is 0 Å². The maximum Gasteiger partial charge on any atom is 0.335 e. The number of rotatable bonds is 5. The standard InChI is InChI=1S/C21H21N3O4/c25-19(14-4-3-5-15(12-14)20(26)27)13-23-10-8-16(9-11-23)24-18-7-2-1-6-17(18)22-21(24)28/h1-7,12,16H,8-11,13H2,(H,22,28)(H,26,27). The molecule has 4 rings (SSSR count). The van der Waals surface area contributed by atoms with E-state index >= 15 is 0 Å². The van der Waals surface area contributed by atoms with Crippen LogP contribution in [0.5, 0.6) is 0 Å². The number of carbonyl (C=O) groups excluding carboxylic acids is 1. The van der Waals surface area contributed by atoms with Crippen LogP contribution in [0.4, 0.5) is 0 Å². The Balaban J connectivity index is 1.42. The van der Waals surface area contributed by atoms with Gasteiger partial charge in [0.15, 0.2) is 5.78 Å². The number of nitrogens with zero attached hydrogens (tertiary/aromatic N) is 2. The van der Waals surface area contributed by atoms with Crippen molar-refractivity contribution in [1.82, 2.24) is 14.5 Å². The lowest BCUT2D eigenvalue weighted by Gasteiger charge is -2.32. The van der Waals surface area contributed by atoms with Crippen LogP contribution in [0, 0.1) is 0 Å². The normalized spacial score (nSPS) is 15.7. The highest BCUT2D eigenvalue weighted by Gasteiger charge is 2.25. The van der Waals surface area contributed by atoms with Crippen LogP contribution < -0.4 is 5.69 Å². The van der Waals surface area contributed by atoms with Gasteiger partial charge in [-0.15, -0.1) is 0 Å². The number of H-pyrrole nitrogens is 1. The Labute approximate surface area is 161 Å². The number of imidazole rings is 1. The lowest BCUT2D eigenvalue weighted by atomic mass is 10.0. The Morgan fingerprint density at radius 3 is 2.50 bits per heavy atom. The molecule has 0 bridgehead atoms. The number of nitrogens with one attached hydrogen (secondary N) is 1. The fourth-order valence-electron chi connectivity index (χ4n) is 3.89. The van der Waals surface area contributed by atoms with Crippen LogP contribution in [0.3, 0.4) is 0 Å². The second-order valence-corrected chi connectivity index (χ2v) is 7.13. The van der Waals surface area contributed by atoms with Gasteiger partial charge in [-0.1, -0.05) is 24.3 Å². The first kappa shape index (κ1) is 18.2. The molecule has 1 saturated heterocycles. The van der Waals surface area contributed by atoms with Gasteiger partial charge in [-0.25, -0.2) is 9.59 Å². The maximum absolute atomic E-state index is 12.5. The monoisotopic (exact) mass is 379 g/mol. The van der Waals surface area contributed by atoms with Crippen molar-refractivity contribution >= 4 is 22.8 Å². The highest BCUT2D eigenvalue weighted by molar-refractivity contribution is 6.00. The van der Waals surface area contributed by atoms with E-state index in [4.69, 9.17) is 5.11 Å². The van der Waals surface area contributed by atoms with Crippen LogP contribution in [0.2, 0.25) is 0 Å². The molecule has 2 aromatic carbocycles. The molecule has 0 radical (unpaired) electrons. The van der Waals surface area contributed by atoms with Crippen LogP contribution in [0.1, 0.15) is 39.6 Å². The number of benzene rings is 2. The van der Waals surface area contributed by atoms with Crippen molar-refractivity contribution in [1.29, 1.82) is 0 Å². The summed E-state index contributed by atoms with van der Waals surface area (Å²) in [6, 6.07) is 13.9. The number of para-hydroxylation sites is 2. The predicted octanol–water partition coefficient (Wildman–Crippen LogP) is 2.55. The molecule has 1 fully saturated rings. The number of aromatic carboxylic acids is 1. The molecule has 1 aliphatic heterocycles. The second-order valence-electron chi connectivity index (χ2n) is 7.13. The molecule has 2 N–H and O–H groups in total. The number of ketones is 1. The SMILES string of the molecule is O=C(O)c1cccc(C(=O)CN2CCC(n3c(=O)[nH]c4ccccc43)CC2)c1. The second kappa shape index (κ2) is 7.44. The summed E-state index contributed by atoms with van der Waals surface area (Å²) in [5.74, 6) is -1.13. The first-order chi connectivity index (χ1) is 13.5. The highest BCUT2D eigenvalue weighted by atomic mass is 16.4. The number of piperidine rings is 1. The fraction of sp³-hybridized carbons (Fsp3) is 0.286. The van der Waals surface area contributed by atoms with E-state index in [2.05, 4.69) is 9.88 Å². The molecule has 7 nitrogen and oxygen atoms in total. The number of aromatic nitrogens is 2. The number of hydrogen-bond acceptors (Lipinski definition) is 4. The van der Waals surface area contributed by atoms with Crippen LogP contribution in [0.15, 0.2) is 53.3 Å². The smallest absolute Gasteiger partial charge is 0.335 e. The van der Waals surface area contributed by atoms with Crippen LogP contribution >= 0.6 is 0 Å². The average molecular weight is 379 g/mol. The van der Waals surface area contributed by atoms with E-state index in [1.165, 1.54) is 12.1 Å². The number of carboxylic acid groups (broad SMARTS) is 1. The Kier molecular flexibility index (Phi) is 4.83. The molecule has 0 saturated carbocycles. The number of hydrogen-bond donors (Lipinski definition) is 2. The van der Waals surface area contributed by atoms with Crippen molar-refractivity contribution in [2.24, 2.45) is 0 Å². The number of carbonyl (C=O) groups is 2. The minimum absolute atomic E-state index is 0.0918. The molecule has 7 heteroatoms. The van der Waals surface area contributed by atoms with Gasteiger partial charge in [0, 0.05) is 24.7 Å². The van der Waals surface area contributed by atoms with Gasteiger partial charge in [0.05, 0.1) is 23.1 Å². The fourth-order valence-corrected chi connectivity index (χ4v) is 3.89. The molecule has 28 heavy (non-hydrogen) atoms. The molecule has 0 aliphatic carbocycles. The van der Waals surface area contributed by atoms with Gasteiger partial charge in [0.2, 0.25) is 0 Å². The lowest BCUT2D eigenvalue weighted by molar-refractivity contribution is 0.0697. The number of Topliss-reactive ketones (excluding diaryl/α,β-unsaturated/α-hetero) is 1. The predicted molar refractivity (Wildman–Crippen MR) is 105 cm³/mol. The Hall–Kier alpha value is -3.19. The average Bonchev–Trinajstić information content (AvgIpc) is 3.04. The largest absolute Gasteiger partial charge is 0.478 e. The number of likely N-dealkylation sites (tertiary alicyclic amines) is 1. The third-order valence-corrected chi connectivity index (χ3v) is 5.34. The Bertz CT molecular complexity index is 1090. The molecular weight excluding hydrogens is 358 g/mol. The van der Waals surface area contributed by atoms with Crippen molar-refractivity contribution in [3.63, 3.8) is 0 Å². The molecule has 0 unspecified atom stereocenters. The highest BCUT2D eigenvalue weighted by Crippen LogP contribution is 2.25. The maximum atomic E-state index is 12.5. The van der Waals surface area contributed by atoms with E-state index < -0.39 is 5.97 Å². The number of aromatic amines is 1. The summed E-state index contributed by atoms with van der Waals surface area (Å²) in [4.78, 5) is 40.9. The molecule has 0 atom stereocenters. The zero-order valence-corrected chi connectivity index (χ0v) is 15.3. The van der Waals surface area contributed by atoms with Crippen molar-refractivity contribution in [3.8, 4) is 0 Å². The van der Waals surface area contributed by atoms with Crippen molar-refractivity contribution < 1.29 is 14.7 Å². The molecule has 0 spiro atoms. The first-order valence-corrected chi connectivity index (χ1v) is 9.31. The van der Waals surface area contributed by atoms with Crippen molar-refractivity contribution in [2.75, 3.05) is 19.6 Å². The Morgan fingerprint density at radius 2 is 1.75 bits per heavy atom. The van der Waals surface area contributed by atoms with E-state index in [1.54, 1.807) is 12.1 Å². The van der Waals surface area contributed by atoms with Gasteiger partial charge in [0.25, 0.3) is 0 Å². The molecular formula is C21H21N3O4. The molecule has 1 aromatic heterocycles. The van der Waals surface area contributed by atoms with Crippen LogP contribution in [-0.2, 0) is 0 Å².